The average Bonchev–Trinajstić information content (AvgIpc) is 3.30. The number of alkyl halides is 4. The highest BCUT2D eigenvalue weighted by molar-refractivity contribution is 5.89. The summed E-state index contributed by atoms with van der Waals surface area (Å²) >= 11 is 0. The molecule has 202 valence electrons. The quantitative estimate of drug-likeness (QED) is 0.489. The van der Waals surface area contributed by atoms with Gasteiger partial charge in [-0.15, -0.1) is 0 Å². The molecule has 2 aromatic heterocycles. The third-order valence-corrected chi connectivity index (χ3v) is 8.00. The Morgan fingerprint density at radius 1 is 1.14 bits per heavy atom. The lowest BCUT2D eigenvalue weighted by molar-refractivity contribution is -0.142. The van der Waals surface area contributed by atoms with E-state index in [-0.39, 0.29) is 75.5 Å². The molecule has 2 saturated carbocycles. The van der Waals surface area contributed by atoms with Crippen LogP contribution in [-0.2, 0) is 14.9 Å². The Morgan fingerprint density at radius 3 is 2.38 bits per heavy atom. The standard InChI is InChI=1S/C24H29F4N5O4/c1-33(16-12-24(16,27)28)20(34)22(8-10-37-11-9-22)15-3-2-14-18(30-15)32-19(29-14)17(31-21(35)36)13-4-6-23(25,26)7-5-13/h2-3,13,16-17,31H,4-12H2,1H3,(H,35,36)(H,29,30,32)/t16?,17-/m0/s1. The molecule has 37 heavy (non-hydrogen) atoms. The highest BCUT2D eigenvalue weighted by Gasteiger charge is 2.62. The lowest BCUT2D eigenvalue weighted by Gasteiger charge is -2.38. The first kappa shape index (κ1) is 25.7. The van der Waals surface area contributed by atoms with E-state index in [0.717, 1.165) is 4.90 Å². The summed E-state index contributed by atoms with van der Waals surface area (Å²) in [5, 5.41) is 11.8. The molecule has 0 aromatic carbocycles. The minimum atomic E-state index is -2.90. The van der Waals surface area contributed by atoms with Gasteiger partial charge in [0.2, 0.25) is 11.8 Å². The van der Waals surface area contributed by atoms with E-state index in [4.69, 9.17) is 4.74 Å². The van der Waals surface area contributed by atoms with Crippen molar-refractivity contribution in [3.63, 3.8) is 0 Å². The molecule has 3 N–H and O–H groups in total. The monoisotopic (exact) mass is 527 g/mol. The molecule has 2 amide bonds. The van der Waals surface area contributed by atoms with Crippen molar-refractivity contribution in [1.82, 2.24) is 25.2 Å². The number of hydrogen-bond donors (Lipinski definition) is 3. The largest absolute Gasteiger partial charge is 0.465 e. The second-order valence-corrected chi connectivity index (χ2v) is 10.4. The molecule has 1 aliphatic heterocycles. The molecule has 3 aliphatic rings. The summed E-state index contributed by atoms with van der Waals surface area (Å²) in [6, 6.07) is 1.32. The number of rotatable bonds is 6. The van der Waals surface area contributed by atoms with E-state index >= 15 is 0 Å². The van der Waals surface area contributed by atoms with Crippen molar-refractivity contribution in [3.8, 4) is 0 Å². The Hall–Kier alpha value is -2.96. The fraction of sp³-hybridized carbons (Fsp3) is 0.667. The minimum Gasteiger partial charge on any atom is -0.465 e. The first-order valence-electron chi connectivity index (χ1n) is 12.4. The number of hydrogen-bond acceptors (Lipinski definition) is 5. The molecule has 5 rings (SSSR count). The number of pyridine rings is 1. The van der Waals surface area contributed by atoms with Gasteiger partial charge < -0.3 is 25.0 Å². The van der Waals surface area contributed by atoms with Crippen LogP contribution in [0.25, 0.3) is 11.2 Å². The van der Waals surface area contributed by atoms with Gasteiger partial charge in [-0.2, -0.15) is 0 Å². The predicted molar refractivity (Wildman–Crippen MR) is 123 cm³/mol. The topological polar surface area (TPSA) is 120 Å². The number of H-pyrrole nitrogens is 1. The van der Waals surface area contributed by atoms with E-state index in [1.807, 2.05) is 0 Å². The van der Waals surface area contributed by atoms with Crippen LogP contribution in [0.4, 0.5) is 22.4 Å². The van der Waals surface area contributed by atoms with Gasteiger partial charge in [0.15, 0.2) is 5.65 Å². The molecule has 0 radical (unpaired) electrons. The maximum absolute atomic E-state index is 13.7. The average molecular weight is 528 g/mol. The third-order valence-electron chi connectivity index (χ3n) is 8.00. The van der Waals surface area contributed by atoms with Crippen molar-refractivity contribution in [2.24, 2.45) is 5.92 Å². The van der Waals surface area contributed by atoms with Crippen molar-refractivity contribution >= 4 is 23.2 Å². The number of fused-ring (bicyclic) bond motifs is 1. The van der Waals surface area contributed by atoms with Crippen LogP contribution in [0, 0.1) is 5.92 Å². The van der Waals surface area contributed by atoms with Crippen LogP contribution in [0.15, 0.2) is 12.1 Å². The number of nitrogens with zero attached hydrogens (tertiary/aromatic N) is 3. The highest BCUT2D eigenvalue weighted by atomic mass is 19.3. The van der Waals surface area contributed by atoms with Crippen LogP contribution in [0.1, 0.15) is 62.5 Å². The van der Waals surface area contributed by atoms with E-state index in [0.29, 0.717) is 11.2 Å². The smallest absolute Gasteiger partial charge is 0.405 e. The SMILES string of the molecule is CN(C(=O)C1(c2ccc3[nH]c([C@@H](NC(=O)O)C4CCC(F)(F)CC4)nc3n2)CCOCC1)C1CC1(F)F. The summed E-state index contributed by atoms with van der Waals surface area (Å²) in [6.07, 6.45) is -1.55. The molecule has 3 heterocycles. The summed E-state index contributed by atoms with van der Waals surface area (Å²) < 4.78 is 60.3. The van der Waals surface area contributed by atoms with Gasteiger partial charge in [0.05, 0.1) is 22.7 Å². The molecule has 9 nitrogen and oxygen atoms in total. The van der Waals surface area contributed by atoms with Crippen molar-refractivity contribution in [2.45, 2.75) is 74.3 Å². The van der Waals surface area contributed by atoms with Gasteiger partial charge in [-0.3, -0.25) is 4.79 Å². The van der Waals surface area contributed by atoms with Gasteiger partial charge in [-0.05, 0) is 43.7 Å². The van der Waals surface area contributed by atoms with Gasteiger partial charge in [-0.25, -0.2) is 32.3 Å². The molecule has 2 atom stereocenters. The number of nitrogens with one attached hydrogen (secondary N) is 2. The molecule has 1 unspecified atom stereocenters. The molecule has 2 aromatic rings. The van der Waals surface area contributed by atoms with E-state index in [1.165, 1.54) is 7.05 Å². The van der Waals surface area contributed by atoms with Crippen LogP contribution in [0.3, 0.4) is 0 Å². The van der Waals surface area contributed by atoms with Crippen molar-refractivity contribution in [1.29, 1.82) is 0 Å². The summed E-state index contributed by atoms with van der Waals surface area (Å²) in [5.41, 5.74) is -0.0768. The van der Waals surface area contributed by atoms with Crippen LogP contribution in [-0.4, -0.2) is 75.1 Å². The van der Waals surface area contributed by atoms with Gasteiger partial charge >= 0.3 is 6.09 Å². The van der Waals surface area contributed by atoms with E-state index in [1.54, 1.807) is 12.1 Å². The van der Waals surface area contributed by atoms with Crippen molar-refractivity contribution in [3.05, 3.63) is 23.7 Å². The molecule has 3 fully saturated rings. The lowest BCUT2D eigenvalue weighted by Crippen LogP contribution is -2.50. The van der Waals surface area contributed by atoms with Crippen LogP contribution < -0.4 is 5.32 Å². The normalized spacial score (nSPS) is 25.4. The second-order valence-electron chi connectivity index (χ2n) is 10.4. The van der Waals surface area contributed by atoms with Crippen molar-refractivity contribution < 1.29 is 37.0 Å². The maximum atomic E-state index is 13.7. The van der Waals surface area contributed by atoms with Crippen molar-refractivity contribution in [2.75, 3.05) is 20.3 Å². The number of aromatic amines is 1. The molecule has 2 aliphatic carbocycles. The number of carboxylic acid groups (broad SMARTS) is 1. The zero-order valence-electron chi connectivity index (χ0n) is 20.3. The summed E-state index contributed by atoms with van der Waals surface area (Å²) in [7, 11) is 1.38. The van der Waals surface area contributed by atoms with Crippen LogP contribution in [0.5, 0.6) is 0 Å². The number of halogens is 4. The third kappa shape index (κ3) is 4.85. The van der Waals surface area contributed by atoms with Gasteiger partial charge in [-0.1, -0.05) is 0 Å². The van der Waals surface area contributed by atoms with Crippen LogP contribution >= 0.6 is 0 Å². The van der Waals surface area contributed by atoms with E-state index in [9.17, 15) is 32.3 Å². The number of imidazole rings is 1. The van der Waals surface area contributed by atoms with Gasteiger partial charge in [0.25, 0.3) is 5.92 Å². The Balaban J connectivity index is 1.47. The first-order chi connectivity index (χ1) is 17.4. The number of likely N-dealkylation sites (N-methyl/N-ethyl adjacent to an activating group) is 1. The molecular formula is C24H29F4N5O4. The molecule has 0 spiro atoms. The van der Waals surface area contributed by atoms with Gasteiger partial charge in [0.1, 0.15) is 11.9 Å². The summed E-state index contributed by atoms with van der Waals surface area (Å²) in [4.78, 5) is 38.3. The zero-order valence-corrected chi connectivity index (χ0v) is 20.3. The Morgan fingerprint density at radius 2 is 1.78 bits per heavy atom. The van der Waals surface area contributed by atoms with Crippen LogP contribution in [0.2, 0.25) is 0 Å². The number of aromatic nitrogens is 3. The molecule has 1 saturated heterocycles. The Labute approximate surface area is 210 Å². The fourth-order valence-electron chi connectivity index (χ4n) is 5.66. The Kier molecular flexibility index (Phi) is 6.32. The number of amides is 2. The summed E-state index contributed by atoms with van der Waals surface area (Å²) in [6.45, 7) is 0.534. The van der Waals surface area contributed by atoms with Gasteiger partial charge in [0, 0.05) is 39.5 Å². The first-order valence-corrected chi connectivity index (χ1v) is 12.4. The lowest BCUT2D eigenvalue weighted by atomic mass is 9.75. The number of carbonyl (C=O) groups is 2. The fourth-order valence-corrected chi connectivity index (χ4v) is 5.66. The predicted octanol–water partition coefficient (Wildman–Crippen LogP) is 4.01. The molecule has 13 heteroatoms. The number of carbonyl (C=O) groups excluding carboxylic acids is 1. The van der Waals surface area contributed by atoms with E-state index in [2.05, 4.69) is 20.3 Å². The van der Waals surface area contributed by atoms with E-state index < -0.39 is 41.3 Å². The Bertz CT molecular complexity index is 1190. The maximum Gasteiger partial charge on any atom is 0.405 e. The second kappa shape index (κ2) is 9.10. The highest BCUT2D eigenvalue weighted by Crippen LogP contribution is 2.47. The summed E-state index contributed by atoms with van der Waals surface area (Å²) in [5.74, 6) is -6.25. The molecule has 0 bridgehead atoms. The molecular weight excluding hydrogens is 498 g/mol. The zero-order chi connectivity index (χ0) is 26.6. The number of ether oxygens (including phenoxy) is 1. The minimum absolute atomic E-state index is 0.128.